The zero-order valence-corrected chi connectivity index (χ0v) is 29.7. The number of nitrogens with one attached hydrogen (secondary N) is 1. The maximum absolute atomic E-state index is 14.9. The number of aliphatic hydroxyl groups is 1. The second kappa shape index (κ2) is 20.4. The van der Waals surface area contributed by atoms with Crippen molar-refractivity contribution in [2.24, 2.45) is 17.6 Å². The minimum atomic E-state index is -3.35. The number of alkyl halides is 2. The lowest BCUT2D eigenvalue weighted by Crippen LogP contribution is -2.48. The third kappa shape index (κ3) is 14.5. The number of hydrogen-bond acceptors (Lipinski definition) is 10. The molecule has 1 aliphatic rings. The van der Waals surface area contributed by atoms with E-state index < -0.39 is 66.5 Å². The van der Waals surface area contributed by atoms with Gasteiger partial charge in [0.05, 0.1) is 36.7 Å². The molecule has 15 heteroatoms. The van der Waals surface area contributed by atoms with Gasteiger partial charge < -0.3 is 40.0 Å². The van der Waals surface area contributed by atoms with Crippen molar-refractivity contribution in [1.82, 2.24) is 14.9 Å². The zero-order valence-electron chi connectivity index (χ0n) is 29.7. The number of aryl methyl sites for hydroxylation is 1. The van der Waals surface area contributed by atoms with Gasteiger partial charge in [0.15, 0.2) is 6.61 Å². The molecule has 3 rings (SSSR count). The molecule has 286 valence electrons. The number of carbonyl (C=O) groups excluding carboxylic acids is 3. The molecule has 0 bridgehead atoms. The Labute approximate surface area is 302 Å². The van der Waals surface area contributed by atoms with Crippen LogP contribution in [0.1, 0.15) is 65.0 Å². The highest BCUT2D eigenvalue weighted by molar-refractivity contribution is 5.86. The van der Waals surface area contributed by atoms with Crippen molar-refractivity contribution < 1.29 is 52.4 Å². The molecule has 1 fully saturated rings. The summed E-state index contributed by atoms with van der Waals surface area (Å²) in [7, 11) is 0. The number of aliphatic carboxylic acids is 1. The van der Waals surface area contributed by atoms with Crippen LogP contribution in [-0.2, 0) is 41.6 Å². The van der Waals surface area contributed by atoms with Gasteiger partial charge in [0.25, 0.3) is 5.92 Å². The molecule has 2 aromatic rings. The Morgan fingerprint density at radius 3 is 2.52 bits per heavy atom. The van der Waals surface area contributed by atoms with Crippen molar-refractivity contribution >= 4 is 23.8 Å². The third-order valence-electron chi connectivity index (χ3n) is 8.31. The predicted molar refractivity (Wildman–Crippen MR) is 186 cm³/mol. The molecule has 1 heterocycles. The van der Waals surface area contributed by atoms with Crippen LogP contribution in [0, 0.1) is 11.8 Å². The number of ether oxygens (including phenoxy) is 3. The minimum absolute atomic E-state index is 0.0469. The van der Waals surface area contributed by atoms with E-state index in [0.717, 1.165) is 6.08 Å². The molecule has 2 unspecified atom stereocenters. The first-order valence-corrected chi connectivity index (χ1v) is 17.4. The van der Waals surface area contributed by atoms with E-state index in [0.29, 0.717) is 30.7 Å². The molecular weight excluding hydrogens is 682 g/mol. The number of halogens is 2. The number of esters is 2. The van der Waals surface area contributed by atoms with E-state index in [-0.39, 0.29) is 44.3 Å². The van der Waals surface area contributed by atoms with Gasteiger partial charge in [-0.2, -0.15) is 8.78 Å². The van der Waals surface area contributed by atoms with Gasteiger partial charge in [0.1, 0.15) is 17.9 Å². The van der Waals surface area contributed by atoms with Crippen molar-refractivity contribution in [3.63, 3.8) is 0 Å². The number of carbonyl (C=O) groups is 4. The summed E-state index contributed by atoms with van der Waals surface area (Å²) in [6, 6.07) is 6.08. The second-order valence-electron chi connectivity index (χ2n) is 13.2. The topological polar surface area (TPSA) is 192 Å². The van der Waals surface area contributed by atoms with Crippen molar-refractivity contribution in [3.8, 4) is 5.75 Å². The fourth-order valence-electron chi connectivity index (χ4n) is 5.66. The molecule has 1 aliphatic carbocycles. The summed E-state index contributed by atoms with van der Waals surface area (Å²) < 4.78 is 47.6. The first-order chi connectivity index (χ1) is 24.6. The highest BCUT2D eigenvalue weighted by Gasteiger charge is 2.43. The van der Waals surface area contributed by atoms with E-state index in [1.54, 1.807) is 54.9 Å². The van der Waals surface area contributed by atoms with E-state index in [2.05, 4.69) is 10.3 Å². The zero-order chi connectivity index (χ0) is 38.3. The fraction of sp³-hybridized carbons (Fsp3) is 0.541. The molecule has 5 N–H and O–H groups in total. The number of aliphatic hydroxyl groups excluding tert-OH is 1. The van der Waals surface area contributed by atoms with Gasteiger partial charge in [-0.1, -0.05) is 36.4 Å². The molecule has 13 nitrogen and oxygen atoms in total. The van der Waals surface area contributed by atoms with Gasteiger partial charge in [-0.05, 0) is 64.2 Å². The molecule has 0 radical (unpaired) electrons. The van der Waals surface area contributed by atoms with Gasteiger partial charge >= 0.3 is 17.9 Å². The lowest BCUT2D eigenvalue weighted by molar-refractivity contribution is -0.151. The summed E-state index contributed by atoms with van der Waals surface area (Å²) in [5, 5.41) is 22.8. The quantitative estimate of drug-likeness (QED) is 0.0825. The van der Waals surface area contributed by atoms with Crippen LogP contribution in [0.5, 0.6) is 5.75 Å². The van der Waals surface area contributed by atoms with Gasteiger partial charge in [-0.25, -0.2) is 9.78 Å². The highest BCUT2D eigenvalue weighted by atomic mass is 19.3. The van der Waals surface area contributed by atoms with Crippen LogP contribution in [0.2, 0.25) is 0 Å². The molecule has 1 amide bonds. The maximum atomic E-state index is 14.9. The molecule has 6 atom stereocenters. The number of carboxylic acid groups (broad SMARTS) is 1. The molecular formula is C37H50F2N4O9. The minimum Gasteiger partial charge on any atom is -0.487 e. The van der Waals surface area contributed by atoms with Crippen molar-refractivity contribution in [2.45, 2.75) is 109 Å². The average Bonchev–Trinajstić information content (AvgIpc) is 3.65. The summed E-state index contributed by atoms with van der Waals surface area (Å²) in [5.74, 6) is -7.11. The lowest BCUT2D eigenvalue weighted by Gasteiger charge is -2.23. The van der Waals surface area contributed by atoms with Crippen molar-refractivity contribution in [1.29, 1.82) is 0 Å². The Hall–Kier alpha value is -4.63. The number of allylic oxidation sites excluding steroid dienone is 2. The fourth-order valence-corrected chi connectivity index (χ4v) is 5.66. The van der Waals surface area contributed by atoms with E-state index in [1.807, 2.05) is 12.2 Å². The Kier molecular flexibility index (Phi) is 16.4. The third-order valence-corrected chi connectivity index (χ3v) is 8.31. The van der Waals surface area contributed by atoms with Crippen LogP contribution >= 0.6 is 0 Å². The monoisotopic (exact) mass is 732 g/mol. The Morgan fingerprint density at radius 1 is 1.12 bits per heavy atom. The molecule has 1 aromatic carbocycles. The Balaban J connectivity index is 1.63. The SMILES string of the molecule is CC(C)OC(=O)CCC/C=C\C[C@@H]1[C@@H](/C=C/C(F)(F)COc2ccccc2)[C@H](OC(=O)CCn2cnc(CC(NC(=O)C(C)N)C(=O)O)c2)C[C@@H]1O. The molecule has 52 heavy (non-hydrogen) atoms. The number of nitrogens with two attached hydrogens (primary N) is 1. The summed E-state index contributed by atoms with van der Waals surface area (Å²) >= 11 is 0. The van der Waals surface area contributed by atoms with Gasteiger partial charge in [-0.15, -0.1) is 0 Å². The molecule has 0 spiro atoms. The average molecular weight is 733 g/mol. The largest absolute Gasteiger partial charge is 0.487 e. The molecule has 0 saturated heterocycles. The van der Waals surface area contributed by atoms with E-state index >= 15 is 0 Å². The van der Waals surface area contributed by atoms with E-state index in [4.69, 9.17) is 19.9 Å². The van der Waals surface area contributed by atoms with Crippen LogP contribution in [0.15, 0.2) is 67.2 Å². The van der Waals surface area contributed by atoms with Crippen LogP contribution in [-0.4, -0.2) is 86.5 Å². The Morgan fingerprint density at radius 2 is 1.85 bits per heavy atom. The van der Waals surface area contributed by atoms with Gasteiger partial charge in [-0.3, -0.25) is 14.4 Å². The van der Waals surface area contributed by atoms with E-state index in [9.17, 15) is 38.2 Å². The smallest absolute Gasteiger partial charge is 0.326 e. The van der Waals surface area contributed by atoms with E-state index in [1.165, 1.54) is 19.3 Å². The van der Waals surface area contributed by atoms with Gasteiger partial charge in [0.2, 0.25) is 5.91 Å². The number of imidazole rings is 1. The first-order valence-electron chi connectivity index (χ1n) is 17.4. The summed E-state index contributed by atoms with van der Waals surface area (Å²) in [4.78, 5) is 52.5. The molecule has 0 aliphatic heterocycles. The number of nitrogens with zero attached hydrogens (tertiary/aromatic N) is 2. The number of carboxylic acids is 1. The number of aromatic nitrogens is 2. The number of rotatable bonds is 21. The van der Waals surface area contributed by atoms with Crippen molar-refractivity contribution in [2.75, 3.05) is 6.61 Å². The standard InChI is InChI=1S/C37H50F2N4O9/c1-24(2)51-33(45)14-10-5-4-9-13-28-29(15-17-37(38,39)22-50-27-11-7-6-8-12-27)32(20-31(28)44)52-34(46)16-18-43-21-26(41-23-43)19-30(36(48)49)42-35(47)25(3)40/h4,6-9,11-12,15,17,21,23-25,28-32,44H,5,10,13-14,16,18-20,22,40H2,1-3H3,(H,42,47)(H,48,49)/b9-4-,17-15+/t25?,28-,29-,30?,31+,32-/m1/s1. The van der Waals surface area contributed by atoms with Gasteiger partial charge in [0, 0.05) is 37.9 Å². The summed E-state index contributed by atoms with van der Waals surface area (Å²) in [6.07, 6.45) is 8.20. The van der Waals surface area contributed by atoms with Crippen LogP contribution in [0.4, 0.5) is 8.78 Å². The molecule has 1 aromatic heterocycles. The lowest BCUT2D eigenvalue weighted by atomic mass is 9.89. The number of benzene rings is 1. The van der Waals surface area contributed by atoms with Crippen molar-refractivity contribution in [3.05, 3.63) is 72.9 Å². The van der Waals surface area contributed by atoms with Crippen LogP contribution < -0.4 is 15.8 Å². The summed E-state index contributed by atoms with van der Waals surface area (Å²) in [5.41, 5.74) is 5.88. The number of unbranched alkanes of at least 4 members (excludes halogenated alkanes) is 1. The number of amides is 1. The summed E-state index contributed by atoms with van der Waals surface area (Å²) in [6.45, 7) is 4.20. The predicted octanol–water partition coefficient (Wildman–Crippen LogP) is 3.98. The van der Waals surface area contributed by atoms with Crippen LogP contribution in [0.3, 0.4) is 0 Å². The first kappa shape index (κ1) is 41.8. The molecule has 1 saturated carbocycles. The Bertz CT molecular complexity index is 1510. The normalized spacial score (nSPS) is 20.2. The second-order valence-corrected chi connectivity index (χ2v) is 13.2. The number of hydrogen-bond donors (Lipinski definition) is 4. The highest BCUT2D eigenvalue weighted by Crippen LogP contribution is 2.39. The maximum Gasteiger partial charge on any atom is 0.326 e. The van der Waals surface area contributed by atoms with Crippen LogP contribution in [0.25, 0.3) is 0 Å². The number of para-hydroxylation sites is 1.